The summed E-state index contributed by atoms with van der Waals surface area (Å²) in [5, 5.41) is 0. The van der Waals surface area contributed by atoms with Crippen LogP contribution in [0.1, 0.15) is 19.3 Å². The summed E-state index contributed by atoms with van der Waals surface area (Å²) < 4.78 is 5.25. The number of allylic oxidation sites excluding steroid dienone is 1. The van der Waals surface area contributed by atoms with Crippen molar-refractivity contribution in [2.75, 3.05) is 6.61 Å². The summed E-state index contributed by atoms with van der Waals surface area (Å²) in [6.45, 7) is 0.993. The number of ether oxygens (including phenoxy) is 1. The van der Waals surface area contributed by atoms with Crippen LogP contribution in [0.2, 0.25) is 0 Å². The van der Waals surface area contributed by atoms with Crippen molar-refractivity contribution in [1.29, 1.82) is 0 Å². The molecule has 0 aromatic rings. The predicted octanol–water partition coefficient (Wildman–Crippen LogP) is 1.95. The largest absolute Gasteiger partial charge is 0.501 e. The van der Waals surface area contributed by atoms with Crippen LogP contribution in [0.25, 0.3) is 0 Å². The Kier molecular flexibility index (Phi) is 0.738. The van der Waals surface area contributed by atoms with Gasteiger partial charge in [-0.15, -0.1) is 0 Å². The molecule has 10 heavy (non-hydrogen) atoms. The molecule has 2 unspecified atom stereocenters. The lowest BCUT2D eigenvalue weighted by Crippen LogP contribution is -2.10. The van der Waals surface area contributed by atoms with Gasteiger partial charge >= 0.3 is 0 Å². The molecule has 2 aliphatic carbocycles. The first-order chi connectivity index (χ1) is 4.92. The molecule has 0 aromatic carbocycles. The van der Waals surface area contributed by atoms with E-state index in [2.05, 4.69) is 6.08 Å². The van der Waals surface area contributed by atoms with Gasteiger partial charge < -0.3 is 4.74 Å². The standard InChI is InChI=1S/C9H12O/c1-2-7(1)9-3-4-10-6-8(9)5-9/h3-4,7-8H,1-2,5-6H2. The molecule has 0 saturated heterocycles. The SMILES string of the molecule is C1=CC2(C3CC3)CC2CO1. The number of rotatable bonds is 1. The van der Waals surface area contributed by atoms with Crippen LogP contribution >= 0.6 is 0 Å². The fourth-order valence-corrected chi connectivity index (χ4v) is 2.39. The molecule has 0 aromatic heterocycles. The average molecular weight is 136 g/mol. The third kappa shape index (κ3) is 0.494. The van der Waals surface area contributed by atoms with Crippen LogP contribution in [0.5, 0.6) is 0 Å². The van der Waals surface area contributed by atoms with E-state index in [9.17, 15) is 0 Å². The molecule has 0 bridgehead atoms. The summed E-state index contributed by atoms with van der Waals surface area (Å²) in [5.74, 6) is 1.93. The van der Waals surface area contributed by atoms with Crippen molar-refractivity contribution in [3.63, 3.8) is 0 Å². The van der Waals surface area contributed by atoms with Crippen molar-refractivity contribution in [2.24, 2.45) is 17.3 Å². The van der Waals surface area contributed by atoms with E-state index in [4.69, 9.17) is 4.74 Å². The Morgan fingerprint density at radius 1 is 1.30 bits per heavy atom. The Balaban J connectivity index is 1.91. The molecule has 54 valence electrons. The molecule has 0 amide bonds. The van der Waals surface area contributed by atoms with E-state index in [-0.39, 0.29) is 0 Å². The summed E-state index contributed by atoms with van der Waals surface area (Å²) in [4.78, 5) is 0. The smallest absolute Gasteiger partial charge is 0.0910 e. The monoisotopic (exact) mass is 136 g/mol. The zero-order chi connectivity index (χ0) is 6.60. The average Bonchev–Trinajstić information content (AvgIpc) is 2.84. The quantitative estimate of drug-likeness (QED) is 0.535. The van der Waals surface area contributed by atoms with Gasteiger partial charge in [-0.3, -0.25) is 0 Å². The van der Waals surface area contributed by atoms with Gasteiger partial charge in [0.25, 0.3) is 0 Å². The van der Waals surface area contributed by atoms with Crippen molar-refractivity contribution in [2.45, 2.75) is 19.3 Å². The van der Waals surface area contributed by atoms with E-state index in [1.165, 1.54) is 19.3 Å². The molecule has 2 fully saturated rings. The van der Waals surface area contributed by atoms with E-state index in [0.29, 0.717) is 5.41 Å². The van der Waals surface area contributed by atoms with E-state index >= 15 is 0 Å². The lowest BCUT2D eigenvalue weighted by Gasteiger charge is -2.15. The third-order valence-corrected chi connectivity index (χ3v) is 3.31. The number of fused-ring (bicyclic) bond motifs is 1. The highest BCUT2D eigenvalue weighted by molar-refractivity contribution is 5.21. The predicted molar refractivity (Wildman–Crippen MR) is 38.4 cm³/mol. The number of hydrogen-bond acceptors (Lipinski definition) is 1. The van der Waals surface area contributed by atoms with Gasteiger partial charge in [-0.25, -0.2) is 0 Å². The molecule has 1 heteroatoms. The van der Waals surface area contributed by atoms with Crippen molar-refractivity contribution in [3.8, 4) is 0 Å². The minimum absolute atomic E-state index is 0.651. The van der Waals surface area contributed by atoms with Crippen LogP contribution in [0, 0.1) is 17.3 Å². The molecule has 2 saturated carbocycles. The summed E-state index contributed by atoms with van der Waals surface area (Å²) in [6, 6.07) is 0. The fraction of sp³-hybridized carbons (Fsp3) is 0.778. The molecular formula is C9H12O. The van der Waals surface area contributed by atoms with Gasteiger partial charge in [0.05, 0.1) is 12.9 Å². The summed E-state index contributed by atoms with van der Waals surface area (Å²) in [6.07, 6.45) is 8.59. The lowest BCUT2D eigenvalue weighted by atomic mass is 9.97. The van der Waals surface area contributed by atoms with Crippen molar-refractivity contribution >= 4 is 0 Å². The second-order valence-electron chi connectivity index (χ2n) is 3.92. The zero-order valence-corrected chi connectivity index (χ0v) is 6.05. The second kappa shape index (κ2) is 1.41. The molecule has 0 radical (unpaired) electrons. The maximum atomic E-state index is 5.25. The molecule has 1 heterocycles. The van der Waals surface area contributed by atoms with Gasteiger partial charge in [-0.2, -0.15) is 0 Å². The normalized spacial score (nSPS) is 49.8. The molecule has 1 aliphatic heterocycles. The summed E-state index contributed by atoms with van der Waals surface area (Å²) in [5.41, 5.74) is 0.651. The van der Waals surface area contributed by atoms with Gasteiger partial charge in [0, 0.05) is 11.3 Å². The molecule has 3 aliphatic rings. The van der Waals surface area contributed by atoms with Gasteiger partial charge in [0.1, 0.15) is 0 Å². The maximum Gasteiger partial charge on any atom is 0.0910 e. The van der Waals surface area contributed by atoms with Gasteiger partial charge in [-0.1, -0.05) is 0 Å². The molecule has 2 atom stereocenters. The summed E-state index contributed by atoms with van der Waals surface area (Å²) in [7, 11) is 0. The van der Waals surface area contributed by atoms with Crippen LogP contribution < -0.4 is 0 Å². The van der Waals surface area contributed by atoms with Crippen LogP contribution in [-0.2, 0) is 4.74 Å². The van der Waals surface area contributed by atoms with Crippen LogP contribution in [-0.4, -0.2) is 6.61 Å². The van der Waals surface area contributed by atoms with Crippen LogP contribution in [0.4, 0.5) is 0 Å². The van der Waals surface area contributed by atoms with Gasteiger partial charge in [0.2, 0.25) is 0 Å². The Morgan fingerprint density at radius 2 is 2.20 bits per heavy atom. The highest BCUT2D eigenvalue weighted by atomic mass is 16.5. The first-order valence-electron chi connectivity index (χ1n) is 4.21. The fourth-order valence-electron chi connectivity index (χ4n) is 2.39. The van der Waals surface area contributed by atoms with E-state index in [1.807, 2.05) is 6.26 Å². The van der Waals surface area contributed by atoms with Crippen LogP contribution in [0.3, 0.4) is 0 Å². The van der Waals surface area contributed by atoms with Gasteiger partial charge in [-0.05, 0) is 31.3 Å². The van der Waals surface area contributed by atoms with Crippen molar-refractivity contribution in [1.82, 2.24) is 0 Å². The minimum atomic E-state index is 0.651. The topological polar surface area (TPSA) is 9.23 Å². The second-order valence-corrected chi connectivity index (χ2v) is 3.92. The molecule has 0 N–H and O–H groups in total. The summed E-state index contributed by atoms with van der Waals surface area (Å²) >= 11 is 0. The first-order valence-corrected chi connectivity index (χ1v) is 4.21. The Bertz CT molecular complexity index is 193. The third-order valence-electron chi connectivity index (χ3n) is 3.31. The molecular weight excluding hydrogens is 124 g/mol. The van der Waals surface area contributed by atoms with Crippen LogP contribution in [0.15, 0.2) is 12.3 Å². The minimum Gasteiger partial charge on any atom is -0.501 e. The van der Waals surface area contributed by atoms with Gasteiger partial charge in [0.15, 0.2) is 0 Å². The first kappa shape index (κ1) is 5.22. The number of hydrogen-bond donors (Lipinski definition) is 0. The van der Waals surface area contributed by atoms with E-state index < -0.39 is 0 Å². The Hall–Kier alpha value is -0.460. The molecule has 0 spiro atoms. The van der Waals surface area contributed by atoms with Crippen molar-refractivity contribution < 1.29 is 4.74 Å². The Labute approximate surface area is 61.1 Å². The highest BCUT2D eigenvalue weighted by Crippen LogP contribution is 2.67. The lowest BCUT2D eigenvalue weighted by molar-refractivity contribution is 0.195. The molecule has 1 nitrogen and oxygen atoms in total. The van der Waals surface area contributed by atoms with E-state index in [0.717, 1.165) is 18.4 Å². The maximum absolute atomic E-state index is 5.25. The zero-order valence-electron chi connectivity index (χ0n) is 6.05. The van der Waals surface area contributed by atoms with E-state index in [1.54, 1.807) is 0 Å². The Morgan fingerprint density at radius 3 is 2.90 bits per heavy atom. The molecule has 3 rings (SSSR count). The highest BCUT2D eigenvalue weighted by Gasteiger charge is 2.61. The van der Waals surface area contributed by atoms with Crippen molar-refractivity contribution in [3.05, 3.63) is 12.3 Å².